The Kier molecular flexibility index (Phi) is 5.65. The van der Waals surface area contributed by atoms with Crippen molar-refractivity contribution >= 4 is 46.5 Å². The monoisotopic (exact) mass is 413 g/mol. The summed E-state index contributed by atoms with van der Waals surface area (Å²) in [5.41, 5.74) is -0.0999. The molecule has 0 aliphatic carbocycles. The van der Waals surface area contributed by atoms with Gasteiger partial charge < -0.3 is 15.7 Å². The smallest absolute Gasteiger partial charge is 0.354 e. The van der Waals surface area contributed by atoms with E-state index >= 15 is 0 Å². The van der Waals surface area contributed by atoms with Gasteiger partial charge in [-0.25, -0.2) is 4.79 Å². The van der Waals surface area contributed by atoms with Crippen molar-refractivity contribution in [3.05, 3.63) is 17.2 Å². The molecule has 4 N–H and O–H groups in total. The molecule has 2 aliphatic rings. The second kappa shape index (κ2) is 7.96. The number of tetrazole rings is 1. The van der Waals surface area contributed by atoms with Crippen molar-refractivity contribution in [2.24, 2.45) is 0 Å². The predicted molar refractivity (Wildman–Crippen MR) is 94.2 cm³/mol. The van der Waals surface area contributed by atoms with E-state index in [1.165, 1.54) is 11.8 Å². The number of fused-ring (bicyclic) bond motifs is 1. The molecular formula is C13H15N7O5S2. The van der Waals surface area contributed by atoms with Gasteiger partial charge in [0.05, 0.1) is 12.1 Å². The van der Waals surface area contributed by atoms with Crippen molar-refractivity contribution in [1.82, 2.24) is 36.2 Å². The van der Waals surface area contributed by atoms with Gasteiger partial charge in [-0.1, -0.05) is 23.9 Å². The van der Waals surface area contributed by atoms with Crippen LogP contribution in [0.4, 0.5) is 4.79 Å². The molecule has 144 valence electrons. The van der Waals surface area contributed by atoms with Gasteiger partial charge in [0, 0.05) is 5.75 Å². The van der Waals surface area contributed by atoms with E-state index in [4.69, 9.17) is 0 Å². The number of carboxylic acids is 1. The Bertz CT molecular complexity index is 812. The van der Waals surface area contributed by atoms with Crippen molar-refractivity contribution in [1.29, 1.82) is 0 Å². The summed E-state index contributed by atoms with van der Waals surface area (Å²) in [6, 6.07) is -0.856. The predicted octanol–water partition coefficient (Wildman–Crippen LogP) is -1.10. The first kappa shape index (κ1) is 19.2. The molecule has 2 atom stereocenters. The molecule has 0 bridgehead atoms. The Morgan fingerprint density at radius 1 is 1.44 bits per heavy atom. The number of thioether (sulfide) groups is 2. The van der Waals surface area contributed by atoms with Crippen LogP contribution < -0.4 is 10.6 Å². The molecule has 3 heterocycles. The number of nitrogens with zero attached hydrogens (tertiary/aromatic N) is 4. The summed E-state index contributed by atoms with van der Waals surface area (Å²) in [5.74, 6) is -1.44. The minimum atomic E-state index is -1.32. The standard InChI is InChI=1S/C13H15N7O5S2/c1-2-26-13(25)14-5-4-27-11-8(10(22)20(11)9(5)12(23)24)15-7(21)3-6-16-18-19-17-6/h8,11H,2-4H2,1H3,(H,14,25)(H,15,21)(H,23,24)(H,16,17,18,19)/t8?,11-/m0/s1. The van der Waals surface area contributed by atoms with Crippen LogP contribution in [0.5, 0.6) is 0 Å². The highest BCUT2D eigenvalue weighted by Crippen LogP contribution is 2.39. The van der Waals surface area contributed by atoms with E-state index in [-0.39, 0.29) is 34.6 Å². The van der Waals surface area contributed by atoms with Gasteiger partial charge in [-0.05, 0) is 5.75 Å². The lowest BCUT2D eigenvalue weighted by Crippen LogP contribution is -2.71. The highest BCUT2D eigenvalue weighted by molar-refractivity contribution is 8.13. The number of aromatic amines is 1. The van der Waals surface area contributed by atoms with Crippen LogP contribution in [-0.2, 0) is 20.8 Å². The molecule has 1 aromatic heterocycles. The maximum Gasteiger partial charge on any atom is 0.354 e. The van der Waals surface area contributed by atoms with Crippen LogP contribution in [0.3, 0.4) is 0 Å². The lowest BCUT2D eigenvalue weighted by Gasteiger charge is -2.49. The Balaban J connectivity index is 1.70. The highest BCUT2D eigenvalue weighted by Gasteiger charge is 2.54. The third kappa shape index (κ3) is 3.90. The minimum absolute atomic E-state index is 0.158. The fourth-order valence-corrected chi connectivity index (χ4v) is 4.37. The summed E-state index contributed by atoms with van der Waals surface area (Å²) in [6.07, 6.45) is -0.158. The summed E-state index contributed by atoms with van der Waals surface area (Å²) >= 11 is 2.26. The Labute approximate surface area is 160 Å². The maximum absolute atomic E-state index is 12.4. The number of H-pyrrole nitrogens is 1. The first-order valence-corrected chi connectivity index (χ1v) is 9.82. The Morgan fingerprint density at radius 3 is 2.85 bits per heavy atom. The average Bonchev–Trinajstić information content (AvgIpc) is 3.12. The molecule has 3 amide bonds. The van der Waals surface area contributed by atoms with Gasteiger partial charge in [0.25, 0.3) is 11.1 Å². The van der Waals surface area contributed by atoms with Crippen molar-refractivity contribution in [2.45, 2.75) is 24.8 Å². The molecule has 0 radical (unpaired) electrons. The lowest BCUT2D eigenvalue weighted by atomic mass is 10.0. The van der Waals surface area contributed by atoms with E-state index < -0.39 is 29.2 Å². The number of carbonyl (C=O) groups excluding carboxylic acids is 3. The number of hydrogen-bond donors (Lipinski definition) is 4. The van der Waals surface area contributed by atoms with E-state index in [0.717, 1.165) is 16.7 Å². The topological polar surface area (TPSA) is 170 Å². The number of amides is 3. The maximum atomic E-state index is 12.4. The van der Waals surface area contributed by atoms with Crippen molar-refractivity contribution < 1.29 is 24.3 Å². The molecule has 0 spiro atoms. The Morgan fingerprint density at radius 2 is 2.22 bits per heavy atom. The number of aromatic nitrogens is 4. The van der Waals surface area contributed by atoms with Crippen molar-refractivity contribution in [3.63, 3.8) is 0 Å². The van der Waals surface area contributed by atoms with E-state index in [0.29, 0.717) is 5.75 Å². The highest BCUT2D eigenvalue weighted by atomic mass is 32.2. The van der Waals surface area contributed by atoms with E-state index in [9.17, 15) is 24.3 Å². The van der Waals surface area contributed by atoms with Gasteiger partial charge >= 0.3 is 5.97 Å². The average molecular weight is 413 g/mol. The van der Waals surface area contributed by atoms with Crippen LogP contribution in [-0.4, -0.2) is 76.6 Å². The largest absolute Gasteiger partial charge is 0.477 e. The number of rotatable bonds is 6. The number of nitrogens with one attached hydrogen (secondary N) is 3. The molecule has 0 aromatic carbocycles. The summed E-state index contributed by atoms with van der Waals surface area (Å²) in [5, 5.41) is 26.5. The summed E-state index contributed by atoms with van der Waals surface area (Å²) in [7, 11) is 0. The number of carbonyl (C=O) groups is 4. The van der Waals surface area contributed by atoms with Crippen LogP contribution >= 0.6 is 23.5 Å². The zero-order valence-electron chi connectivity index (χ0n) is 14.0. The molecular weight excluding hydrogens is 398 g/mol. The first-order valence-electron chi connectivity index (χ1n) is 7.79. The van der Waals surface area contributed by atoms with Crippen molar-refractivity contribution in [3.8, 4) is 0 Å². The van der Waals surface area contributed by atoms with Gasteiger partial charge in [0.15, 0.2) is 11.5 Å². The fourth-order valence-electron chi connectivity index (χ4n) is 2.63. The summed E-state index contributed by atoms with van der Waals surface area (Å²) < 4.78 is 0. The Hall–Kier alpha value is -2.61. The SMILES string of the molecule is CCSC(=O)NC1=C(C(=O)O)N2C(=O)C(NC(=O)Cc3nn[nH]n3)[C@@H]2SC1. The van der Waals surface area contributed by atoms with Crippen LogP contribution in [0.2, 0.25) is 0 Å². The van der Waals surface area contributed by atoms with Gasteiger partial charge in [-0.3, -0.25) is 19.3 Å². The molecule has 1 saturated heterocycles. The van der Waals surface area contributed by atoms with Crippen LogP contribution in [0.25, 0.3) is 0 Å². The fraction of sp³-hybridized carbons (Fsp3) is 0.462. The quantitative estimate of drug-likeness (QED) is 0.420. The molecule has 3 rings (SSSR count). The second-order valence-electron chi connectivity index (χ2n) is 5.44. The molecule has 12 nitrogen and oxygen atoms in total. The molecule has 2 aliphatic heterocycles. The lowest BCUT2D eigenvalue weighted by molar-refractivity contribution is -0.150. The number of β-lactam (4-membered cyclic amide) rings is 1. The zero-order chi connectivity index (χ0) is 19.6. The van der Waals surface area contributed by atoms with Crippen molar-refractivity contribution in [2.75, 3.05) is 11.5 Å². The number of carboxylic acid groups (broad SMARTS) is 1. The normalized spacial score (nSPS) is 21.4. The van der Waals surface area contributed by atoms with E-state index in [1.807, 2.05) is 0 Å². The molecule has 1 aromatic rings. The van der Waals surface area contributed by atoms with E-state index in [1.54, 1.807) is 6.92 Å². The molecule has 1 unspecified atom stereocenters. The number of hydrogen-bond acceptors (Lipinski definition) is 9. The molecule has 0 saturated carbocycles. The minimum Gasteiger partial charge on any atom is -0.477 e. The molecule has 1 fully saturated rings. The zero-order valence-corrected chi connectivity index (χ0v) is 15.6. The summed E-state index contributed by atoms with van der Waals surface area (Å²) in [4.78, 5) is 49.0. The third-order valence-electron chi connectivity index (χ3n) is 3.72. The summed E-state index contributed by atoms with van der Waals surface area (Å²) in [6.45, 7) is 1.79. The van der Waals surface area contributed by atoms with Gasteiger partial charge in [0.2, 0.25) is 5.91 Å². The van der Waals surface area contributed by atoms with Gasteiger partial charge in [-0.15, -0.1) is 22.0 Å². The van der Waals surface area contributed by atoms with Crippen LogP contribution in [0, 0.1) is 0 Å². The van der Waals surface area contributed by atoms with Gasteiger partial charge in [0.1, 0.15) is 11.4 Å². The second-order valence-corrected chi connectivity index (χ2v) is 7.78. The van der Waals surface area contributed by atoms with Crippen LogP contribution in [0.1, 0.15) is 12.7 Å². The molecule has 27 heavy (non-hydrogen) atoms. The first-order chi connectivity index (χ1) is 12.9. The van der Waals surface area contributed by atoms with Crippen LogP contribution in [0.15, 0.2) is 11.4 Å². The third-order valence-corrected chi connectivity index (χ3v) is 5.66. The number of aliphatic carboxylic acids is 1. The molecule has 14 heteroatoms. The van der Waals surface area contributed by atoms with E-state index in [2.05, 4.69) is 31.3 Å². The van der Waals surface area contributed by atoms with Gasteiger partial charge in [-0.2, -0.15) is 5.21 Å².